The van der Waals surface area contributed by atoms with Gasteiger partial charge in [-0.05, 0) is 19.9 Å². The molecule has 0 aliphatic rings. The van der Waals surface area contributed by atoms with Crippen LogP contribution in [0.25, 0.3) is 0 Å². The van der Waals surface area contributed by atoms with Crippen molar-refractivity contribution in [3.63, 3.8) is 0 Å². The van der Waals surface area contributed by atoms with E-state index in [1.807, 2.05) is 19.9 Å². The fourth-order valence-corrected chi connectivity index (χ4v) is 2.74. The number of amides is 2. The van der Waals surface area contributed by atoms with Crippen LogP contribution in [0.5, 0.6) is 0 Å². The Labute approximate surface area is 122 Å². The van der Waals surface area contributed by atoms with Crippen LogP contribution in [0.2, 0.25) is 0 Å². The molecule has 0 aliphatic heterocycles. The summed E-state index contributed by atoms with van der Waals surface area (Å²) >= 11 is 1.59. The van der Waals surface area contributed by atoms with E-state index in [-0.39, 0.29) is 30.4 Å². The van der Waals surface area contributed by atoms with Crippen LogP contribution < -0.4 is 10.6 Å². The number of nitrogens with one attached hydrogen (secondary N) is 2. The molecular weight excluding hydrogens is 276 g/mol. The first kappa shape index (κ1) is 16.4. The number of rotatable bonds is 7. The van der Waals surface area contributed by atoms with Gasteiger partial charge in [-0.2, -0.15) is 0 Å². The molecule has 0 saturated carbocycles. The summed E-state index contributed by atoms with van der Waals surface area (Å²) in [6, 6.07) is 1.87. The van der Waals surface area contributed by atoms with Crippen molar-refractivity contribution in [2.45, 2.75) is 33.6 Å². The van der Waals surface area contributed by atoms with E-state index in [2.05, 4.69) is 10.6 Å². The minimum Gasteiger partial charge on any atom is -0.355 e. The standard InChI is InChI=1S/C14H20N2O3S/c1-9-8-12(10(2)20-9)13(18)4-5-14(19)16-7-6-15-11(3)17/h8H,4-7H2,1-3H3,(H,15,17)(H,16,19). The lowest BCUT2D eigenvalue weighted by atomic mass is 10.1. The second-order valence-corrected chi connectivity index (χ2v) is 6.04. The molecule has 5 nitrogen and oxygen atoms in total. The average molecular weight is 296 g/mol. The molecule has 0 atom stereocenters. The van der Waals surface area contributed by atoms with Crippen LogP contribution in [0, 0.1) is 13.8 Å². The first-order valence-corrected chi connectivity index (χ1v) is 7.33. The molecule has 0 saturated heterocycles. The fraction of sp³-hybridized carbons (Fsp3) is 0.500. The molecule has 1 rings (SSSR count). The van der Waals surface area contributed by atoms with Gasteiger partial charge in [0.2, 0.25) is 11.8 Å². The normalized spacial score (nSPS) is 10.2. The highest BCUT2D eigenvalue weighted by Crippen LogP contribution is 2.22. The molecule has 0 unspecified atom stereocenters. The lowest BCUT2D eigenvalue weighted by Crippen LogP contribution is -2.33. The predicted molar refractivity (Wildman–Crippen MR) is 79.1 cm³/mol. The van der Waals surface area contributed by atoms with Gasteiger partial charge in [0.15, 0.2) is 5.78 Å². The molecule has 1 heterocycles. The van der Waals surface area contributed by atoms with E-state index in [1.54, 1.807) is 11.3 Å². The molecule has 20 heavy (non-hydrogen) atoms. The van der Waals surface area contributed by atoms with Crippen molar-refractivity contribution in [2.24, 2.45) is 0 Å². The zero-order chi connectivity index (χ0) is 15.1. The number of thiophene rings is 1. The summed E-state index contributed by atoms with van der Waals surface area (Å²) in [4.78, 5) is 36.2. The van der Waals surface area contributed by atoms with Crippen LogP contribution in [0.1, 0.15) is 39.9 Å². The molecule has 0 aliphatic carbocycles. The molecule has 0 radical (unpaired) electrons. The molecule has 2 N–H and O–H groups in total. The third-order valence-electron chi connectivity index (χ3n) is 2.74. The van der Waals surface area contributed by atoms with Crippen LogP contribution in [0.15, 0.2) is 6.07 Å². The minimum atomic E-state index is -0.173. The number of ketones is 1. The first-order valence-electron chi connectivity index (χ1n) is 6.51. The molecule has 0 spiro atoms. The Morgan fingerprint density at radius 3 is 2.30 bits per heavy atom. The summed E-state index contributed by atoms with van der Waals surface area (Å²) in [5.41, 5.74) is 0.721. The van der Waals surface area contributed by atoms with Crippen molar-refractivity contribution < 1.29 is 14.4 Å². The van der Waals surface area contributed by atoms with Gasteiger partial charge >= 0.3 is 0 Å². The Morgan fingerprint density at radius 2 is 1.75 bits per heavy atom. The summed E-state index contributed by atoms with van der Waals surface area (Å²) in [6.45, 7) is 6.08. The molecular formula is C14H20N2O3S. The van der Waals surface area contributed by atoms with Gasteiger partial charge in [0.25, 0.3) is 0 Å². The van der Waals surface area contributed by atoms with Gasteiger partial charge in [-0.25, -0.2) is 0 Å². The van der Waals surface area contributed by atoms with E-state index in [9.17, 15) is 14.4 Å². The van der Waals surface area contributed by atoms with Gasteiger partial charge in [-0.15, -0.1) is 11.3 Å². The highest BCUT2D eigenvalue weighted by atomic mass is 32.1. The van der Waals surface area contributed by atoms with E-state index in [0.29, 0.717) is 13.1 Å². The quantitative estimate of drug-likeness (QED) is 0.592. The molecule has 0 aromatic carbocycles. The molecule has 2 amide bonds. The Hall–Kier alpha value is -1.69. The van der Waals surface area contributed by atoms with E-state index in [0.717, 1.165) is 15.3 Å². The third-order valence-corrected chi connectivity index (χ3v) is 3.71. The van der Waals surface area contributed by atoms with Gasteiger partial charge in [0.05, 0.1) is 0 Å². The number of hydrogen-bond donors (Lipinski definition) is 2. The molecule has 0 bridgehead atoms. The number of carbonyl (C=O) groups excluding carboxylic acids is 3. The van der Waals surface area contributed by atoms with Gasteiger partial charge < -0.3 is 10.6 Å². The topological polar surface area (TPSA) is 75.3 Å². The van der Waals surface area contributed by atoms with Gasteiger partial charge in [0, 0.05) is 48.2 Å². The number of carbonyl (C=O) groups is 3. The third kappa shape index (κ3) is 5.52. The van der Waals surface area contributed by atoms with Crippen molar-refractivity contribution >= 4 is 28.9 Å². The largest absolute Gasteiger partial charge is 0.355 e. The molecule has 110 valence electrons. The summed E-state index contributed by atoms with van der Waals surface area (Å²) in [5, 5.41) is 5.24. The highest BCUT2D eigenvalue weighted by molar-refractivity contribution is 7.12. The molecule has 1 aromatic rings. The summed E-state index contributed by atoms with van der Waals surface area (Å²) in [5.74, 6) is -0.296. The van der Waals surface area contributed by atoms with E-state index >= 15 is 0 Å². The lowest BCUT2D eigenvalue weighted by molar-refractivity contribution is -0.122. The van der Waals surface area contributed by atoms with Crippen molar-refractivity contribution in [3.05, 3.63) is 21.4 Å². The predicted octanol–water partition coefficient (Wildman–Crippen LogP) is 1.58. The Bertz CT molecular complexity index is 509. The zero-order valence-electron chi connectivity index (χ0n) is 12.0. The molecule has 6 heteroatoms. The minimum absolute atomic E-state index is 0.00357. The van der Waals surface area contributed by atoms with Crippen molar-refractivity contribution in [2.75, 3.05) is 13.1 Å². The van der Waals surface area contributed by atoms with E-state index < -0.39 is 0 Å². The lowest BCUT2D eigenvalue weighted by Gasteiger charge is -2.05. The maximum Gasteiger partial charge on any atom is 0.220 e. The summed E-state index contributed by atoms with van der Waals surface area (Å²) in [6.07, 6.45) is 0.385. The van der Waals surface area contributed by atoms with Gasteiger partial charge in [-0.1, -0.05) is 0 Å². The number of aryl methyl sites for hydroxylation is 2. The van der Waals surface area contributed by atoms with Crippen LogP contribution in [0.4, 0.5) is 0 Å². The van der Waals surface area contributed by atoms with E-state index in [4.69, 9.17) is 0 Å². The SMILES string of the molecule is CC(=O)NCCNC(=O)CCC(=O)c1cc(C)sc1C. The van der Waals surface area contributed by atoms with Crippen LogP contribution in [0.3, 0.4) is 0 Å². The van der Waals surface area contributed by atoms with Gasteiger partial charge in [0.1, 0.15) is 0 Å². The first-order chi connectivity index (χ1) is 9.40. The highest BCUT2D eigenvalue weighted by Gasteiger charge is 2.13. The van der Waals surface area contributed by atoms with Crippen LogP contribution >= 0.6 is 11.3 Å². The van der Waals surface area contributed by atoms with Crippen molar-refractivity contribution in [1.29, 1.82) is 0 Å². The van der Waals surface area contributed by atoms with Crippen molar-refractivity contribution in [3.8, 4) is 0 Å². The van der Waals surface area contributed by atoms with Crippen molar-refractivity contribution in [1.82, 2.24) is 10.6 Å². The summed E-state index contributed by atoms with van der Waals surface area (Å²) in [7, 11) is 0. The maximum atomic E-state index is 12.0. The average Bonchev–Trinajstić information content (AvgIpc) is 2.70. The van der Waals surface area contributed by atoms with Crippen LogP contribution in [-0.2, 0) is 9.59 Å². The van der Waals surface area contributed by atoms with Crippen LogP contribution in [-0.4, -0.2) is 30.7 Å². The second-order valence-electron chi connectivity index (χ2n) is 4.58. The Balaban J connectivity index is 2.29. The Morgan fingerprint density at radius 1 is 1.10 bits per heavy atom. The van der Waals surface area contributed by atoms with E-state index in [1.165, 1.54) is 6.92 Å². The number of Topliss-reactive ketones (excluding diaryl/α,β-unsaturated/α-hetero) is 1. The molecule has 1 aromatic heterocycles. The monoisotopic (exact) mass is 296 g/mol. The molecule has 0 fully saturated rings. The van der Waals surface area contributed by atoms with Gasteiger partial charge in [-0.3, -0.25) is 14.4 Å². The smallest absolute Gasteiger partial charge is 0.220 e. The fourth-order valence-electron chi connectivity index (χ4n) is 1.80. The second kappa shape index (κ2) is 7.79. The zero-order valence-corrected chi connectivity index (χ0v) is 12.9. The number of hydrogen-bond acceptors (Lipinski definition) is 4. The summed E-state index contributed by atoms with van der Waals surface area (Å²) < 4.78 is 0. The Kier molecular flexibility index (Phi) is 6.38. The maximum absolute atomic E-state index is 12.0.